The lowest BCUT2D eigenvalue weighted by Gasteiger charge is -2.13. The normalized spacial score (nSPS) is 12.5. The molecular formula is C14H11BrClF2N. The molecule has 0 aliphatic rings. The molecule has 0 radical (unpaired) electrons. The zero-order chi connectivity index (χ0) is 14.0. The largest absolute Gasteiger partial charge is 0.324 e. The first-order valence-corrected chi connectivity index (χ1v) is 6.79. The molecule has 0 spiro atoms. The van der Waals surface area contributed by atoms with Crippen molar-refractivity contribution in [1.82, 2.24) is 0 Å². The Balaban J connectivity index is 2.22. The van der Waals surface area contributed by atoms with Crippen molar-refractivity contribution in [1.29, 1.82) is 0 Å². The Morgan fingerprint density at radius 3 is 2.53 bits per heavy atom. The Hall–Kier alpha value is -0.970. The molecule has 2 aromatic carbocycles. The SMILES string of the molecule is NC(Cc1cc(Br)ccc1F)c1ccc(Cl)c(F)c1. The predicted molar refractivity (Wildman–Crippen MR) is 76.1 cm³/mol. The number of nitrogens with two attached hydrogens (primary N) is 1. The molecule has 0 aromatic heterocycles. The molecular weight excluding hydrogens is 336 g/mol. The van der Waals surface area contributed by atoms with Crippen LogP contribution in [0.15, 0.2) is 40.9 Å². The van der Waals surface area contributed by atoms with Crippen LogP contribution in [0, 0.1) is 11.6 Å². The van der Waals surface area contributed by atoms with Gasteiger partial charge in [-0.1, -0.05) is 33.6 Å². The second kappa shape index (κ2) is 5.99. The Kier molecular flexibility index (Phi) is 4.55. The van der Waals surface area contributed by atoms with E-state index in [9.17, 15) is 8.78 Å². The van der Waals surface area contributed by atoms with E-state index < -0.39 is 11.9 Å². The Labute approximate surface area is 123 Å². The minimum Gasteiger partial charge on any atom is -0.324 e. The molecule has 0 saturated carbocycles. The molecule has 2 aromatic rings. The van der Waals surface area contributed by atoms with Gasteiger partial charge in [0.2, 0.25) is 0 Å². The number of rotatable bonds is 3. The van der Waals surface area contributed by atoms with Gasteiger partial charge in [0.1, 0.15) is 11.6 Å². The van der Waals surface area contributed by atoms with Crippen LogP contribution in [0.5, 0.6) is 0 Å². The number of benzene rings is 2. The van der Waals surface area contributed by atoms with Crippen LogP contribution in [-0.4, -0.2) is 0 Å². The fourth-order valence-corrected chi connectivity index (χ4v) is 2.32. The smallest absolute Gasteiger partial charge is 0.142 e. The van der Waals surface area contributed by atoms with Crippen LogP contribution < -0.4 is 5.73 Å². The van der Waals surface area contributed by atoms with E-state index in [1.54, 1.807) is 18.2 Å². The Morgan fingerprint density at radius 1 is 1.11 bits per heavy atom. The molecule has 1 unspecified atom stereocenters. The second-order valence-corrected chi connectivity index (χ2v) is 5.54. The summed E-state index contributed by atoms with van der Waals surface area (Å²) in [6.45, 7) is 0. The van der Waals surface area contributed by atoms with Crippen molar-refractivity contribution in [3.05, 3.63) is 68.7 Å². The van der Waals surface area contributed by atoms with Gasteiger partial charge in [0, 0.05) is 10.5 Å². The lowest BCUT2D eigenvalue weighted by Crippen LogP contribution is -2.14. The van der Waals surface area contributed by atoms with Crippen molar-refractivity contribution in [2.45, 2.75) is 12.5 Å². The Bertz CT molecular complexity index is 604. The quantitative estimate of drug-likeness (QED) is 0.862. The minimum absolute atomic E-state index is 0.0459. The van der Waals surface area contributed by atoms with Crippen molar-refractivity contribution in [3.8, 4) is 0 Å². The fourth-order valence-electron chi connectivity index (χ4n) is 1.80. The molecule has 0 heterocycles. The van der Waals surface area contributed by atoms with Crippen LogP contribution >= 0.6 is 27.5 Å². The van der Waals surface area contributed by atoms with Gasteiger partial charge in [0.25, 0.3) is 0 Å². The summed E-state index contributed by atoms with van der Waals surface area (Å²) in [7, 11) is 0. The third-order valence-electron chi connectivity index (χ3n) is 2.82. The van der Waals surface area contributed by atoms with E-state index in [0.717, 1.165) is 4.47 Å². The average molecular weight is 347 g/mol. The lowest BCUT2D eigenvalue weighted by molar-refractivity contribution is 0.589. The first-order chi connectivity index (χ1) is 8.97. The highest BCUT2D eigenvalue weighted by Gasteiger charge is 2.12. The summed E-state index contributed by atoms with van der Waals surface area (Å²) in [5.74, 6) is -0.850. The van der Waals surface area contributed by atoms with E-state index in [4.69, 9.17) is 17.3 Å². The van der Waals surface area contributed by atoms with E-state index in [2.05, 4.69) is 15.9 Å². The molecule has 19 heavy (non-hydrogen) atoms. The molecule has 5 heteroatoms. The van der Waals surface area contributed by atoms with E-state index in [1.807, 2.05) is 0 Å². The molecule has 1 atom stereocenters. The van der Waals surface area contributed by atoms with Crippen molar-refractivity contribution in [2.75, 3.05) is 0 Å². The first kappa shape index (κ1) is 14.4. The first-order valence-electron chi connectivity index (χ1n) is 5.62. The molecule has 0 amide bonds. The molecule has 2 rings (SSSR count). The molecule has 0 saturated heterocycles. The van der Waals surface area contributed by atoms with Crippen LogP contribution in [0.4, 0.5) is 8.78 Å². The minimum atomic E-state index is -0.524. The van der Waals surface area contributed by atoms with Gasteiger partial charge in [-0.15, -0.1) is 0 Å². The average Bonchev–Trinajstić information content (AvgIpc) is 2.37. The maximum absolute atomic E-state index is 13.6. The summed E-state index contributed by atoms with van der Waals surface area (Å²) < 4.78 is 27.7. The third kappa shape index (κ3) is 3.53. The van der Waals surface area contributed by atoms with E-state index in [-0.39, 0.29) is 17.3 Å². The van der Waals surface area contributed by atoms with E-state index in [1.165, 1.54) is 18.2 Å². The van der Waals surface area contributed by atoms with Crippen molar-refractivity contribution in [3.63, 3.8) is 0 Å². The van der Waals surface area contributed by atoms with Crippen molar-refractivity contribution < 1.29 is 8.78 Å². The van der Waals surface area contributed by atoms with Gasteiger partial charge in [-0.05, 0) is 47.9 Å². The maximum atomic E-state index is 13.6. The molecule has 0 fully saturated rings. The van der Waals surface area contributed by atoms with Gasteiger partial charge in [-0.3, -0.25) is 0 Å². The van der Waals surface area contributed by atoms with Gasteiger partial charge in [-0.25, -0.2) is 8.78 Å². The van der Waals surface area contributed by atoms with E-state index in [0.29, 0.717) is 11.1 Å². The van der Waals surface area contributed by atoms with Gasteiger partial charge >= 0.3 is 0 Å². The van der Waals surface area contributed by atoms with Crippen LogP contribution in [0.25, 0.3) is 0 Å². The Morgan fingerprint density at radius 2 is 1.84 bits per heavy atom. The third-order valence-corrected chi connectivity index (χ3v) is 3.62. The zero-order valence-electron chi connectivity index (χ0n) is 9.84. The van der Waals surface area contributed by atoms with Crippen LogP contribution in [0.1, 0.15) is 17.2 Å². The topological polar surface area (TPSA) is 26.0 Å². The highest BCUT2D eigenvalue weighted by atomic mass is 79.9. The summed E-state index contributed by atoms with van der Waals surface area (Å²) >= 11 is 8.89. The van der Waals surface area contributed by atoms with Crippen molar-refractivity contribution in [2.24, 2.45) is 5.73 Å². The standard InChI is InChI=1S/C14H11BrClF2N/c15-10-2-4-12(17)9(5-10)7-14(19)8-1-3-11(16)13(18)6-8/h1-6,14H,7,19H2. The fraction of sp³-hybridized carbons (Fsp3) is 0.143. The number of hydrogen-bond acceptors (Lipinski definition) is 1. The number of halogens is 4. The maximum Gasteiger partial charge on any atom is 0.142 e. The van der Waals surface area contributed by atoms with Gasteiger partial charge < -0.3 is 5.73 Å². The summed E-state index contributed by atoms with van der Waals surface area (Å²) in [6, 6.07) is 8.54. The molecule has 0 aliphatic carbocycles. The van der Waals surface area contributed by atoms with Gasteiger partial charge in [0.15, 0.2) is 0 Å². The van der Waals surface area contributed by atoms with E-state index >= 15 is 0 Å². The zero-order valence-corrected chi connectivity index (χ0v) is 12.2. The highest BCUT2D eigenvalue weighted by Crippen LogP contribution is 2.24. The summed E-state index contributed by atoms with van der Waals surface area (Å²) in [5, 5.41) is 0.0459. The van der Waals surface area contributed by atoms with Gasteiger partial charge in [-0.2, -0.15) is 0 Å². The summed E-state index contributed by atoms with van der Waals surface area (Å²) in [5.41, 5.74) is 7.04. The second-order valence-electron chi connectivity index (χ2n) is 4.22. The monoisotopic (exact) mass is 345 g/mol. The summed E-state index contributed by atoms with van der Waals surface area (Å²) in [6.07, 6.45) is 0.284. The predicted octanol–water partition coefficient (Wildman–Crippen LogP) is 4.62. The van der Waals surface area contributed by atoms with Crippen molar-refractivity contribution >= 4 is 27.5 Å². The number of hydrogen-bond donors (Lipinski definition) is 1. The van der Waals surface area contributed by atoms with Crippen LogP contribution in [0.3, 0.4) is 0 Å². The molecule has 0 bridgehead atoms. The van der Waals surface area contributed by atoms with Gasteiger partial charge in [0.05, 0.1) is 5.02 Å². The molecule has 1 nitrogen and oxygen atoms in total. The molecule has 2 N–H and O–H groups in total. The molecule has 100 valence electrons. The summed E-state index contributed by atoms with van der Waals surface area (Å²) in [4.78, 5) is 0. The van der Waals surface area contributed by atoms with Crippen LogP contribution in [-0.2, 0) is 6.42 Å². The van der Waals surface area contributed by atoms with Crippen LogP contribution in [0.2, 0.25) is 5.02 Å². The highest BCUT2D eigenvalue weighted by molar-refractivity contribution is 9.10. The lowest BCUT2D eigenvalue weighted by atomic mass is 9.99. The molecule has 0 aliphatic heterocycles.